The largest absolute Gasteiger partial charge is 0.325 e. The number of fused-ring (bicyclic) bond motifs is 3. The number of hydrogen-bond acceptors (Lipinski definition) is 5. The molecule has 1 unspecified atom stereocenters. The van der Waals surface area contributed by atoms with Crippen LogP contribution in [0.1, 0.15) is 31.7 Å². The number of aryl methyl sites for hydroxylation is 1. The molecule has 0 aliphatic carbocycles. The van der Waals surface area contributed by atoms with Crippen molar-refractivity contribution in [2.45, 2.75) is 38.9 Å². The molecule has 5 rings (SSSR count). The van der Waals surface area contributed by atoms with Crippen molar-refractivity contribution in [3.8, 4) is 0 Å². The summed E-state index contributed by atoms with van der Waals surface area (Å²) in [7, 11) is 0. The van der Waals surface area contributed by atoms with E-state index < -0.39 is 23.3 Å². The SMILES string of the molecule is CCn1c(=O)c2ccccc2n2c(CN3C(=O)NC(CC)(c4ccc(F)cc4)C3=O)nnc12. The summed E-state index contributed by atoms with van der Waals surface area (Å²) in [4.78, 5) is 40.3. The molecule has 0 saturated carbocycles. The van der Waals surface area contributed by atoms with Gasteiger partial charge in [-0.25, -0.2) is 9.18 Å². The average Bonchev–Trinajstić information content (AvgIpc) is 3.35. The van der Waals surface area contributed by atoms with Gasteiger partial charge in [-0.05, 0) is 43.2 Å². The molecule has 0 spiro atoms. The number of carbonyl (C=O) groups is 2. The molecular formula is C23H21FN6O3. The predicted molar refractivity (Wildman–Crippen MR) is 118 cm³/mol. The van der Waals surface area contributed by atoms with Crippen molar-refractivity contribution >= 4 is 28.6 Å². The van der Waals surface area contributed by atoms with Crippen LogP contribution < -0.4 is 10.9 Å². The van der Waals surface area contributed by atoms with Crippen LogP contribution in [0.3, 0.4) is 0 Å². The number of amides is 3. The average molecular weight is 448 g/mol. The molecule has 4 aromatic rings. The van der Waals surface area contributed by atoms with Crippen LogP contribution in [-0.4, -0.2) is 36.0 Å². The number of halogens is 1. The Kier molecular flexibility index (Phi) is 4.73. The normalized spacial score (nSPS) is 18.5. The Morgan fingerprint density at radius 1 is 1.00 bits per heavy atom. The van der Waals surface area contributed by atoms with Crippen LogP contribution in [0.2, 0.25) is 0 Å². The van der Waals surface area contributed by atoms with E-state index in [9.17, 15) is 18.8 Å². The summed E-state index contributed by atoms with van der Waals surface area (Å²) in [6, 6.07) is 12.0. The molecule has 33 heavy (non-hydrogen) atoms. The summed E-state index contributed by atoms with van der Waals surface area (Å²) >= 11 is 0. The Morgan fingerprint density at radius 2 is 1.73 bits per heavy atom. The van der Waals surface area contributed by atoms with Gasteiger partial charge < -0.3 is 5.32 Å². The minimum Gasteiger partial charge on any atom is -0.319 e. The maximum absolute atomic E-state index is 13.5. The molecule has 1 aliphatic heterocycles. The van der Waals surface area contributed by atoms with Gasteiger partial charge in [0.15, 0.2) is 5.82 Å². The molecule has 1 N–H and O–H groups in total. The quantitative estimate of drug-likeness (QED) is 0.473. The van der Waals surface area contributed by atoms with Crippen LogP contribution in [0.15, 0.2) is 53.3 Å². The number of carbonyl (C=O) groups excluding carboxylic acids is 2. The molecule has 0 radical (unpaired) electrons. The Balaban J connectivity index is 1.61. The van der Waals surface area contributed by atoms with E-state index in [0.29, 0.717) is 41.0 Å². The minimum absolute atomic E-state index is 0.138. The fourth-order valence-electron chi connectivity index (χ4n) is 4.49. The molecule has 2 aromatic heterocycles. The molecule has 2 aromatic carbocycles. The molecule has 1 atom stereocenters. The van der Waals surface area contributed by atoms with Crippen LogP contribution in [-0.2, 0) is 23.4 Å². The molecule has 168 valence electrons. The van der Waals surface area contributed by atoms with Crippen molar-refractivity contribution < 1.29 is 14.0 Å². The fraction of sp³-hybridized carbons (Fsp3) is 0.261. The number of hydrogen-bond donors (Lipinski definition) is 1. The van der Waals surface area contributed by atoms with Gasteiger partial charge in [0, 0.05) is 6.54 Å². The third kappa shape index (κ3) is 2.94. The van der Waals surface area contributed by atoms with Crippen molar-refractivity contribution in [2.75, 3.05) is 0 Å². The molecular weight excluding hydrogens is 427 g/mol. The zero-order chi connectivity index (χ0) is 23.3. The lowest BCUT2D eigenvalue weighted by Gasteiger charge is -2.25. The molecule has 9 nitrogen and oxygen atoms in total. The second-order valence-electron chi connectivity index (χ2n) is 7.91. The molecule has 1 fully saturated rings. The van der Waals surface area contributed by atoms with Crippen LogP contribution in [0.25, 0.3) is 16.7 Å². The minimum atomic E-state index is -1.29. The van der Waals surface area contributed by atoms with Gasteiger partial charge in [-0.2, -0.15) is 0 Å². The number of urea groups is 1. The Bertz CT molecular complexity index is 1480. The summed E-state index contributed by atoms with van der Waals surface area (Å²) in [5, 5.41) is 11.7. The molecule has 0 bridgehead atoms. The Labute approximate surface area is 187 Å². The number of rotatable bonds is 5. The highest BCUT2D eigenvalue weighted by molar-refractivity contribution is 6.07. The Morgan fingerprint density at radius 3 is 2.42 bits per heavy atom. The number of aromatic nitrogens is 4. The molecule has 10 heteroatoms. The lowest BCUT2D eigenvalue weighted by atomic mass is 9.87. The van der Waals surface area contributed by atoms with Gasteiger partial charge in [0.05, 0.1) is 17.4 Å². The number of nitrogens with zero attached hydrogens (tertiary/aromatic N) is 5. The lowest BCUT2D eigenvalue weighted by molar-refractivity contribution is -0.132. The van der Waals surface area contributed by atoms with Gasteiger partial charge in [-0.15, -0.1) is 10.2 Å². The number of benzene rings is 2. The fourth-order valence-corrected chi connectivity index (χ4v) is 4.49. The van der Waals surface area contributed by atoms with Crippen molar-refractivity contribution in [2.24, 2.45) is 0 Å². The molecule has 3 heterocycles. The van der Waals surface area contributed by atoms with E-state index in [0.717, 1.165) is 4.90 Å². The molecule has 1 saturated heterocycles. The van der Waals surface area contributed by atoms with Crippen molar-refractivity contribution in [3.63, 3.8) is 0 Å². The highest BCUT2D eigenvalue weighted by Crippen LogP contribution is 2.33. The van der Waals surface area contributed by atoms with Crippen LogP contribution >= 0.6 is 0 Å². The summed E-state index contributed by atoms with van der Waals surface area (Å²) in [6.07, 6.45) is 0.290. The van der Waals surface area contributed by atoms with Gasteiger partial charge in [0.2, 0.25) is 5.78 Å². The second kappa shape index (κ2) is 7.51. The Hall–Kier alpha value is -4.08. The van der Waals surface area contributed by atoms with E-state index in [4.69, 9.17) is 0 Å². The zero-order valence-electron chi connectivity index (χ0n) is 18.1. The standard InChI is InChI=1S/C23H21FN6O3/c1-3-23(14-9-11-15(24)12-10-14)20(32)29(22(33)25-23)13-18-26-27-21-28(4-2)19(31)16-7-5-6-8-17(16)30(18)21/h5-12H,3-4,13H2,1-2H3,(H,25,33). The smallest absolute Gasteiger partial charge is 0.319 e. The zero-order valence-corrected chi connectivity index (χ0v) is 18.1. The van der Waals surface area contributed by atoms with E-state index in [-0.39, 0.29) is 12.1 Å². The van der Waals surface area contributed by atoms with Gasteiger partial charge in [0.1, 0.15) is 11.4 Å². The van der Waals surface area contributed by atoms with Crippen LogP contribution in [0.5, 0.6) is 0 Å². The lowest BCUT2D eigenvalue weighted by Crippen LogP contribution is -2.43. The second-order valence-corrected chi connectivity index (χ2v) is 7.91. The van der Waals surface area contributed by atoms with Gasteiger partial charge in [0.25, 0.3) is 11.5 Å². The summed E-state index contributed by atoms with van der Waals surface area (Å²) < 4.78 is 16.6. The maximum Gasteiger partial charge on any atom is 0.325 e. The van der Waals surface area contributed by atoms with Crippen molar-refractivity contribution in [3.05, 3.63) is 76.1 Å². The summed E-state index contributed by atoms with van der Waals surface area (Å²) in [6.45, 7) is 3.86. The highest BCUT2D eigenvalue weighted by atomic mass is 19.1. The first-order valence-corrected chi connectivity index (χ1v) is 10.7. The van der Waals surface area contributed by atoms with Gasteiger partial charge >= 0.3 is 6.03 Å². The number of imide groups is 1. The predicted octanol–water partition coefficient (Wildman–Crippen LogP) is 2.56. The highest BCUT2D eigenvalue weighted by Gasteiger charge is 2.51. The maximum atomic E-state index is 13.5. The van der Waals surface area contributed by atoms with Crippen LogP contribution in [0, 0.1) is 5.82 Å². The first kappa shape index (κ1) is 20.8. The third-order valence-electron chi connectivity index (χ3n) is 6.23. The van der Waals surface area contributed by atoms with E-state index in [1.165, 1.54) is 28.8 Å². The van der Waals surface area contributed by atoms with E-state index in [2.05, 4.69) is 15.5 Å². The van der Waals surface area contributed by atoms with Gasteiger partial charge in [-0.1, -0.05) is 31.2 Å². The van der Waals surface area contributed by atoms with Crippen LogP contribution in [0.4, 0.5) is 9.18 Å². The topological polar surface area (TPSA) is 102 Å². The number of nitrogens with one attached hydrogen (secondary N) is 1. The van der Waals surface area contributed by atoms with Gasteiger partial charge in [-0.3, -0.25) is 23.5 Å². The monoisotopic (exact) mass is 448 g/mol. The molecule has 3 amide bonds. The van der Waals surface area contributed by atoms with Crippen molar-refractivity contribution in [1.82, 2.24) is 29.4 Å². The van der Waals surface area contributed by atoms with E-state index in [1.54, 1.807) is 35.6 Å². The van der Waals surface area contributed by atoms with Crippen molar-refractivity contribution in [1.29, 1.82) is 0 Å². The number of para-hydroxylation sites is 1. The first-order chi connectivity index (χ1) is 15.9. The molecule has 1 aliphatic rings. The third-order valence-corrected chi connectivity index (χ3v) is 6.23. The van der Waals surface area contributed by atoms with E-state index in [1.807, 2.05) is 6.92 Å². The van der Waals surface area contributed by atoms with E-state index >= 15 is 0 Å². The first-order valence-electron chi connectivity index (χ1n) is 10.7. The summed E-state index contributed by atoms with van der Waals surface area (Å²) in [5.74, 6) is -0.199. The summed E-state index contributed by atoms with van der Waals surface area (Å²) in [5.41, 5.74) is -0.382.